The standard InChI is InChI=1S/C37H38Cl2N4O6S/c1-48-35-23(7-4-12-32(45)42-50(3,46)47)13-15-30(40-35)28-10-5-8-26(33(28)38)27-9-6-11-29(34(27)39)31-16-14-24(36(41-31)49-2)20-43-21-37(22-43)18-17-25(44)19-37/h5-6,8-11,13-16H,4,7,12,17-22H2,1-3H3,(H,42,45). The molecule has 13 heteroatoms. The van der Waals surface area contributed by atoms with E-state index in [0.717, 1.165) is 53.6 Å². The molecule has 1 amide bonds. The van der Waals surface area contributed by atoms with E-state index >= 15 is 0 Å². The van der Waals surface area contributed by atoms with Gasteiger partial charge in [0.05, 0.1) is 41.9 Å². The first-order valence-corrected chi connectivity index (χ1v) is 18.9. The van der Waals surface area contributed by atoms with Gasteiger partial charge >= 0.3 is 0 Å². The van der Waals surface area contributed by atoms with Crippen molar-refractivity contribution in [2.24, 2.45) is 5.41 Å². The Morgan fingerprint density at radius 1 is 0.860 bits per heavy atom. The summed E-state index contributed by atoms with van der Waals surface area (Å²) < 4.78 is 35.9. The second-order valence-corrected chi connectivity index (χ2v) is 15.6. The fraction of sp³-hybridized carbons (Fsp3) is 0.351. The molecule has 1 saturated carbocycles. The molecule has 262 valence electrons. The molecule has 10 nitrogen and oxygen atoms in total. The van der Waals surface area contributed by atoms with Crippen LogP contribution in [0.15, 0.2) is 60.7 Å². The van der Waals surface area contributed by atoms with Crippen LogP contribution in [0.2, 0.25) is 10.0 Å². The Kier molecular flexibility index (Phi) is 10.5. The van der Waals surface area contributed by atoms with Crippen molar-refractivity contribution in [3.8, 4) is 45.4 Å². The molecule has 0 radical (unpaired) electrons. The Bertz CT molecular complexity index is 2070. The van der Waals surface area contributed by atoms with E-state index in [-0.39, 0.29) is 11.8 Å². The number of carbonyl (C=O) groups is 2. The maximum atomic E-state index is 11.9. The third-order valence-electron chi connectivity index (χ3n) is 9.27. The summed E-state index contributed by atoms with van der Waals surface area (Å²) >= 11 is 14.1. The van der Waals surface area contributed by atoms with Crippen LogP contribution in [0.1, 0.15) is 43.2 Å². The number of sulfonamides is 1. The number of nitrogens with one attached hydrogen (secondary N) is 1. The summed E-state index contributed by atoms with van der Waals surface area (Å²) in [5, 5.41) is 0.953. The van der Waals surface area contributed by atoms with Gasteiger partial charge in [0.25, 0.3) is 0 Å². The molecular weight excluding hydrogens is 699 g/mol. The first kappa shape index (κ1) is 35.8. The van der Waals surface area contributed by atoms with Gasteiger partial charge in [-0.25, -0.2) is 18.4 Å². The molecular formula is C37H38Cl2N4O6S. The van der Waals surface area contributed by atoms with E-state index < -0.39 is 15.9 Å². The quantitative estimate of drug-likeness (QED) is 0.168. The number of pyridine rings is 2. The van der Waals surface area contributed by atoms with Crippen LogP contribution in [0, 0.1) is 5.41 Å². The third kappa shape index (κ3) is 7.81. The summed E-state index contributed by atoms with van der Waals surface area (Å²) in [6, 6.07) is 19.1. The highest BCUT2D eigenvalue weighted by Crippen LogP contribution is 2.45. The van der Waals surface area contributed by atoms with Crippen LogP contribution in [0.5, 0.6) is 11.8 Å². The summed E-state index contributed by atoms with van der Waals surface area (Å²) in [5.74, 6) is 0.735. The van der Waals surface area contributed by atoms with E-state index in [1.54, 1.807) is 7.11 Å². The number of ketones is 1. The molecule has 50 heavy (non-hydrogen) atoms. The number of nitrogens with zero attached hydrogens (tertiary/aromatic N) is 3. The average molecular weight is 738 g/mol. The fourth-order valence-electron chi connectivity index (χ4n) is 7.00. The van der Waals surface area contributed by atoms with Crippen LogP contribution in [0.25, 0.3) is 33.6 Å². The minimum atomic E-state index is -3.60. The second-order valence-electron chi connectivity index (χ2n) is 13.1. The summed E-state index contributed by atoms with van der Waals surface area (Å²) in [6.07, 6.45) is 4.23. The predicted molar refractivity (Wildman–Crippen MR) is 194 cm³/mol. The minimum Gasteiger partial charge on any atom is -0.481 e. The molecule has 0 unspecified atom stereocenters. The van der Waals surface area contributed by atoms with E-state index in [2.05, 4.69) is 4.90 Å². The Hall–Kier alpha value is -4.03. The van der Waals surface area contributed by atoms with Crippen LogP contribution in [0.4, 0.5) is 0 Å². The number of rotatable bonds is 12. The second kappa shape index (κ2) is 14.7. The van der Waals surface area contributed by atoms with Gasteiger partial charge in [0, 0.05) is 77.7 Å². The number of hydrogen-bond donors (Lipinski definition) is 1. The lowest BCUT2D eigenvalue weighted by atomic mass is 9.78. The summed E-state index contributed by atoms with van der Waals surface area (Å²) in [6.45, 7) is 2.53. The van der Waals surface area contributed by atoms with Crippen molar-refractivity contribution >= 4 is 44.9 Å². The van der Waals surface area contributed by atoms with E-state index in [4.69, 9.17) is 42.6 Å². The predicted octanol–water partition coefficient (Wildman–Crippen LogP) is 6.76. The van der Waals surface area contributed by atoms with Gasteiger partial charge in [-0.1, -0.05) is 71.7 Å². The van der Waals surface area contributed by atoms with Crippen molar-refractivity contribution in [1.29, 1.82) is 0 Å². The maximum Gasteiger partial charge on any atom is 0.233 e. The molecule has 2 aromatic carbocycles. The first-order valence-electron chi connectivity index (χ1n) is 16.3. The Morgan fingerprint density at radius 3 is 1.92 bits per heavy atom. The highest BCUT2D eigenvalue weighted by atomic mass is 35.5. The number of benzene rings is 2. The van der Waals surface area contributed by atoms with Gasteiger partial charge < -0.3 is 9.47 Å². The van der Waals surface area contributed by atoms with E-state index in [1.807, 2.05) is 65.4 Å². The number of ether oxygens (including phenoxy) is 2. The SMILES string of the molecule is COc1nc(-c2cccc(-c3cccc(-c4ccc(CN5CC6(CCC(=O)C6)C5)c(OC)n4)c3Cl)c2Cl)ccc1CCCC(=O)NS(C)(=O)=O. The summed E-state index contributed by atoms with van der Waals surface area (Å²) in [4.78, 5) is 35.6. The number of aromatic nitrogens is 2. The topological polar surface area (TPSA) is 128 Å². The molecule has 2 aliphatic rings. The summed E-state index contributed by atoms with van der Waals surface area (Å²) in [7, 11) is -0.469. The van der Waals surface area contributed by atoms with Gasteiger partial charge in [-0.05, 0) is 31.4 Å². The lowest BCUT2D eigenvalue weighted by Crippen LogP contribution is -2.54. The van der Waals surface area contributed by atoms with Crippen LogP contribution >= 0.6 is 23.2 Å². The maximum absolute atomic E-state index is 11.9. The highest BCUT2D eigenvalue weighted by Gasteiger charge is 2.47. The number of aryl methyl sites for hydroxylation is 1. The van der Waals surface area contributed by atoms with Crippen LogP contribution < -0.4 is 14.2 Å². The molecule has 1 aliphatic carbocycles. The zero-order valence-corrected chi connectivity index (χ0v) is 30.4. The molecule has 1 N–H and O–H groups in total. The Morgan fingerprint density at radius 2 is 1.40 bits per heavy atom. The van der Waals surface area contributed by atoms with Crippen molar-refractivity contribution in [2.45, 2.75) is 45.1 Å². The van der Waals surface area contributed by atoms with Crippen molar-refractivity contribution in [1.82, 2.24) is 19.6 Å². The molecule has 1 spiro atoms. The van der Waals surface area contributed by atoms with Crippen molar-refractivity contribution in [3.63, 3.8) is 0 Å². The van der Waals surface area contributed by atoms with Crippen LogP contribution in [-0.2, 0) is 32.6 Å². The molecule has 2 aromatic heterocycles. The van der Waals surface area contributed by atoms with Gasteiger partial charge in [0.2, 0.25) is 27.7 Å². The molecule has 6 rings (SSSR count). The highest BCUT2D eigenvalue weighted by molar-refractivity contribution is 7.89. The molecule has 2 fully saturated rings. The minimum absolute atomic E-state index is 0.0430. The van der Waals surface area contributed by atoms with Crippen molar-refractivity contribution in [3.05, 3.63) is 81.8 Å². The van der Waals surface area contributed by atoms with Crippen LogP contribution in [0.3, 0.4) is 0 Å². The van der Waals surface area contributed by atoms with E-state index in [0.29, 0.717) is 76.8 Å². The largest absolute Gasteiger partial charge is 0.481 e. The number of hydrogen-bond acceptors (Lipinski definition) is 9. The lowest BCUT2D eigenvalue weighted by molar-refractivity contribution is -0.120. The zero-order chi connectivity index (χ0) is 35.6. The van der Waals surface area contributed by atoms with Crippen molar-refractivity contribution < 1.29 is 27.5 Å². The Balaban J connectivity index is 1.21. The van der Waals surface area contributed by atoms with Gasteiger partial charge in [-0.15, -0.1) is 0 Å². The molecule has 4 aromatic rings. The van der Waals surface area contributed by atoms with E-state index in [1.165, 1.54) is 7.11 Å². The number of amides is 1. The van der Waals surface area contributed by atoms with Gasteiger partial charge in [0.15, 0.2) is 0 Å². The van der Waals surface area contributed by atoms with Gasteiger partial charge in [-0.2, -0.15) is 0 Å². The zero-order valence-electron chi connectivity index (χ0n) is 28.1. The lowest BCUT2D eigenvalue weighted by Gasteiger charge is -2.48. The molecule has 0 atom stereocenters. The normalized spacial score (nSPS) is 15.6. The number of methoxy groups -OCH3 is 2. The molecule has 1 saturated heterocycles. The smallest absolute Gasteiger partial charge is 0.233 e. The average Bonchev–Trinajstić information content (AvgIpc) is 3.46. The van der Waals surface area contributed by atoms with Crippen LogP contribution in [-0.4, -0.2) is 68.5 Å². The number of Topliss-reactive ketones (excluding diaryl/α,β-unsaturated/α-hetero) is 1. The number of carbonyl (C=O) groups excluding carboxylic acids is 2. The molecule has 0 bridgehead atoms. The summed E-state index contributed by atoms with van der Waals surface area (Å²) in [5.41, 5.74) is 6.03. The molecule has 3 heterocycles. The molecule has 1 aliphatic heterocycles. The monoisotopic (exact) mass is 736 g/mol. The number of likely N-dealkylation sites (tertiary alicyclic amines) is 1. The number of halogens is 2. The fourth-order valence-corrected chi connectivity index (χ4v) is 8.16. The van der Waals surface area contributed by atoms with E-state index in [9.17, 15) is 18.0 Å². The first-order chi connectivity index (χ1) is 23.9. The van der Waals surface area contributed by atoms with Gasteiger partial charge in [0.1, 0.15) is 5.78 Å². The Labute approximate surface area is 302 Å². The van der Waals surface area contributed by atoms with Gasteiger partial charge in [-0.3, -0.25) is 19.2 Å². The van der Waals surface area contributed by atoms with Crippen molar-refractivity contribution in [2.75, 3.05) is 33.6 Å². The third-order valence-corrected chi connectivity index (χ3v) is 10.7.